The fourth-order valence-electron chi connectivity index (χ4n) is 1.52. The summed E-state index contributed by atoms with van der Waals surface area (Å²) in [6, 6.07) is 4.44. The van der Waals surface area contributed by atoms with Gasteiger partial charge in [-0.15, -0.1) is 12.4 Å². The van der Waals surface area contributed by atoms with E-state index in [0.29, 0.717) is 12.1 Å². The van der Waals surface area contributed by atoms with Crippen molar-refractivity contribution in [1.29, 1.82) is 0 Å². The Kier molecular flexibility index (Phi) is 7.74. The Morgan fingerprint density at radius 3 is 2.50 bits per heavy atom. The molecule has 0 radical (unpaired) electrons. The molecule has 2 N–H and O–H groups in total. The average Bonchev–Trinajstić information content (AvgIpc) is 2.38. The third kappa shape index (κ3) is 4.75. The first kappa shape index (κ1) is 18.9. The lowest BCUT2D eigenvalue weighted by atomic mass is 10.1. The molecule has 0 atom stereocenters. The van der Waals surface area contributed by atoms with Crippen molar-refractivity contribution in [3.8, 4) is 0 Å². The minimum absolute atomic E-state index is 0. The minimum atomic E-state index is -3.63. The molecule has 0 saturated heterocycles. The van der Waals surface area contributed by atoms with Gasteiger partial charge in [0.2, 0.25) is 10.0 Å². The number of methoxy groups -OCH3 is 1. The van der Waals surface area contributed by atoms with Gasteiger partial charge < -0.3 is 10.1 Å². The highest BCUT2D eigenvalue weighted by atomic mass is 35.5. The summed E-state index contributed by atoms with van der Waals surface area (Å²) >= 11 is 0. The number of sulfonamides is 1. The number of hydrogen-bond donors (Lipinski definition) is 2. The Morgan fingerprint density at radius 1 is 1.30 bits per heavy atom. The monoisotopic (exact) mass is 322 g/mol. The number of benzene rings is 1. The number of nitrogens with one attached hydrogen (secondary N) is 2. The van der Waals surface area contributed by atoms with Crippen molar-refractivity contribution >= 4 is 28.4 Å². The summed E-state index contributed by atoms with van der Waals surface area (Å²) in [7, 11) is -0.640. The lowest BCUT2D eigenvalue weighted by Crippen LogP contribution is -2.31. The first-order valence-corrected chi connectivity index (χ1v) is 7.24. The van der Waals surface area contributed by atoms with E-state index in [0.717, 1.165) is 0 Å². The van der Waals surface area contributed by atoms with Gasteiger partial charge in [0.25, 0.3) is 0 Å². The molecule has 0 aliphatic carbocycles. The van der Waals surface area contributed by atoms with E-state index in [9.17, 15) is 13.2 Å². The van der Waals surface area contributed by atoms with Gasteiger partial charge in [0.05, 0.1) is 17.6 Å². The molecule has 1 aromatic rings. The first-order chi connectivity index (χ1) is 8.92. The zero-order valence-corrected chi connectivity index (χ0v) is 13.2. The smallest absolute Gasteiger partial charge is 0.337 e. The molecular weight excluding hydrogens is 304 g/mol. The molecule has 0 saturated carbocycles. The maximum atomic E-state index is 12.1. The molecule has 0 heterocycles. The van der Waals surface area contributed by atoms with E-state index in [1.54, 1.807) is 20.0 Å². The molecule has 0 aliphatic rings. The van der Waals surface area contributed by atoms with E-state index < -0.39 is 16.0 Å². The average molecular weight is 323 g/mol. The zero-order chi connectivity index (χ0) is 14.5. The normalized spacial score (nSPS) is 10.8. The number of carbonyl (C=O) groups is 1. The second-order valence-electron chi connectivity index (χ2n) is 3.97. The molecule has 6 nitrogen and oxygen atoms in total. The third-order valence-corrected chi connectivity index (χ3v) is 4.17. The largest absolute Gasteiger partial charge is 0.465 e. The van der Waals surface area contributed by atoms with E-state index in [2.05, 4.69) is 14.8 Å². The van der Waals surface area contributed by atoms with Crippen molar-refractivity contribution in [1.82, 2.24) is 10.0 Å². The van der Waals surface area contributed by atoms with Crippen LogP contribution in [0, 0.1) is 6.92 Å². The van der Waals surface area contributed by atoms with Gasteiger partial charge in [-0.3, -0.25) is 0 Å². The molecule has 0 fully saturated rings. The number of carbonyl (C=O) groups excluding carboxylic acids is 1. The van der Waals surface area contributed by atoms with Crippen LogP contribution < -0.4 is 10.0 Å². The van der Waals surface area contributed by atoms with Gasteiger partial charge in [0.15, 0.2) is 0 Å². The van der Waals surface area contributed by atoms with Crippen molar-refractivity contribution in [2.45, 2.75) is 11.8 Å². The van der Waals surface area contributed by atoms with Gasteiger partial charge in [-0.2, -0.15) is 0 Å². The molecule has 114 valence electrons. The molecule has 0 aliphatic heterocycles. The number of ether oxygens (including phenoxy) is 1. The summed E-state index contributed by atoms with van der Waals surface area (Å²) in [6.07, 6.45) is 0. The topological polar surface area (TPSA) is 84.5 Å². The van der Waals surface area contributed by atoms with Gasteiger partial charge in [-0.05, 0) is 31.7 Å². The molecule has 20 heavy (non-hydrogen) atoms. The molecule has 0 spiro atoms. The van der Waals surface area contributed by atoms with Crippen LogP contribution in [0.5, 0.6) is 0 Å². The lowest BCUT2D eigenvalue weighted by Gasteiger charge is -2.10. The summed E-state index contributed by atoms with van der Waals surface area (Å²) in [5.41, 5.74) is 0.784. The Bertz CT molecular complexity index is 561. The van der Waals surface area contributed by atoms with Crippen molar-refractivity contribution in [2.24, 2.45) is 0 Å². The van der Waals surface area contributed by atoms with Crippen LogP contribution in [0.2, 0.25) is 0 Å². The zero-order valence-electron chi connectivity index (χ0n) is 11.6. The van der Waals surface area contributed by atoms with Crippen molar-refractivity contribution in [3.63, 3.8) is 0 Å². The predicted molar refractivity (Wildman–Crippen MR) is 78.9 cm³/mol. The highest BCUT2D eigenvalue weighted by molar-refractivity contribution is 7.89. The standard InChI is InChI=1S/C12H18N2O4S.ClH/c1-9-4-5-10(12(15)18-3)8-11(9)19(16,17)14-7-6-13-2;/h4-5,8,13-14H,6-7H2,1-3H3;1H. The molecule has 1 rings (SSSR count). The van der Waals surface area contributed by atoms with E-state index >= 15 is 0 Å². The lowest BCUT2D eigenvalue weighted by molar-refractivity contribution is 0.0600. The van der Waals surface area contributed by atoms with Crippen molar-refractivity contribution in [3.05, 3.63) is 29.3 Å². The summed E-state index contributed by atoms with van der Waals surface area (Å²) in [4.78, 5) is 11.5. The van der Waals surface area contributed by atoms with Crippen LogP contribution in [0.25, 0.3) is 0 Å². The molecule has 0 bridgehead atoms. The van der Waals surface area contributed by atoms with Crippen LogP contribution >= 0.6 is 12.4 Å². The maximum Gasteiger partial charge on any atom is 0.337 e. The van der Waals surface area contributed by atoms with Crippen LogP contribution in [0.15, 0.2) is 23.1 Å². The van der Waals surface area contributed by atoms with E-state index in [1.807, 2.05) is 0 Å². The van der Waals surface area contributed by atoms with Gasteiger partial charge in [0, 0.05) is 13.1 Å². The van der Waals surface area contributed by atoms with Gasteiger partial charge >= 0.3 is 5.97 Å². The number of esters is 1. The predicted octanol–water partition coefficient (Wildman–Crippen LogP) is 0.701. The number of halogens is 1. The number of hydrogen-bond acceptors (Lipinski definition) is 5. The van der Waals surface area contributed by atoms with Crippen LogP contribution in [0.4, 0.5) is 0 Å². The van der Waals surface area contributed by atoms with Crippen molar-refractivity contribution in [2.75, 3.05) is 27.2 Å². The van der Waals surface area contributed by atoms with Gasteiger partial charge in [0.1, 0.15) is 0 Å². The van der Waals surface area contributed by atoms with Crippen LogP contribution in [0.1, 0.15) is 15.9 Å². The van der Waals surface area contributed by atoms with Crippen molar-refractivity contribution < 1.29 is 17.9 Å². The van der Waals surface area contributed by atoms with E-state index in [4.69, 9.17) is 0 Å². The maximum absolute atomic E-state index is 12.1. The second-order valence-corrected chi connectivity index (χ2v) is 5.71. The molecule has 0 unspecified atom stereocenters. The second kappa shape index (κ2) is 8.21. The molecule has 0 amide bonds. The highest BCUT2D eigenvalue weighted by Crippen LogP contribution is 2.17. The SMILES string of the molecule is CNCCNS(=O)(=O)c1cc(C(=O)OC)ccc1C.Cl. The summed E-state index contributed by atoms with van der Waals surface area (Å²) < 4.78 is 31.2. The van der Waals surface area contributed by atoms with Crippen LogP contribution in [-0.2, 0) is 14.8 Å². The van der Waals surface area contributed by atoms with E-state index in [-0.39, 0.29) is 29.4 Å². The Morgan fingerprint density at radius 2 is 1.95 bits per heavy atom. The number of rotatable bonds is 6. The van der Waals surface area contributed by atoms with Gasteiger partial charge in [-0.25, -0.2) is 17.9 Å². The number of aryl methyl sites for hydroxylation is 1. The Hall–Kier alpha value is -1.15. The fourth-order valence-corrected chi connectivity index (χ4v) is 2.82. The van der Waals surface area contributed by atoms with Crippen LogP contribution in [-0.4, -0.2) is 41.6 Å². The summed E-state index contributed by atoms with van der Waals surface area (Å²) in [6.45, 7) is 2.48. The fraction of sp³-hybridized carbons (Fsp3) is 0.417. The minimum Gasteiger partial charge on any atom is -0.465 e. The quantitative estimate of drug-likeness (QED) is 0.595. The van der Waals surface area contributed by atoms with Crippen LogP contribution in [0.3, 0.4) is 0 Å². The molecular formula is C12H19ClN2O4S. The number of likely N-dealkylation sites (N-methyl/N-ethyl adjacent to an activating group) is 1. The highest BCUT2D eigenvalue weighted by Gasteiger charge is 2.18. The summed E-state index contributed by atoms with van der Waals surface area (Å²) in [5, 5.41) is 2.84. The first-order valence-electron chi connectivity index (χ1n) is 5.75. The van der Waals surface area contributed by atoms with E-state index in [1.165, 1.54) is 19.2 Å². The van der Waals surface area contributed by atoms with Gasteiger partial charge in [-0.1, -0.05) is 6.07 Å². The molecule has 1 aromatic carbocycles. The Labute approximate surface area is 125 Å². The third-order valence-electron chi connectivity index (χ3n) is 2.57. The molecule has 0 aromatic heterocycles. The Balaban J connectivity index is 0.00000361. The molecule has 8 heteroatoms. The summed E-state index contributed by atoms with van der Waals surface area (Å²) in [5.74, 6) is -0.563.